The highest BCUT2D eigenvalue weighted by molar-refractivity contribution is 9.10. The summed E-state index contributed by atoms with van der Waals surface area (Å²) in [6, 6.07) is 7.70. The topological polar surface area (TPSA) is 66.5 Å². The Balaban J connectivity index is 1.78. The third-order valence-electron chi connectivity index (χ3n) is 3.38. The average molecular weight is 375 g/mol. The molecule has 0 bridgehead atoms. The summed E-state index contributed by atoms with van der Waals surface area (Å²) >= 11 is 3.38. The molecule has 0 aliphatic carbocycles. The van der Waals surface area contributed by atoms with Crippen LogP contribution in [0.1, 0.15) is 12.0 Å². The fourth-order valence-electron chi connectivity index (χ4n) is 2.38. The molecule has 0 aromatic heterocycles. The SMILES string of the molecule is CN(CC(=O)N[C@@H]1CCS(=O)(=O)C1)Cc1ccc(Br)cc1. The first-order valence-corrected chi connectivity index (χ1v) is 9.38. The molecule has 1 aromatic carbocycles. The van der Waals surface area contributed by atoms with E-state index in [0.717, 1.165) is 10.0 Å². The minimum atomic E-state index is -2.95. The summed E-state index contributed by atoms with van der Waals surface area (Å²) in [5.74, 6) is 0.110. The third kappa shape index (κ3) is 5.41. The summed E-state index contributed by atoms with van der Waals surface area (Å²) in [5.41, 5.74) is 1.12. The highest BCUT2D eigenvalue weighted by Crippen LogP contribution is 2.12. The normalized spacial score (nSPS) is 20.6. The molecule has 1 fully saturated rings. The van der Waals surface area contributed by atoms with Gasteiger partial charge in [-0.05, 0) is 31.2 Å². The lowest BCUT2D eigenvalue weighted by Crippen LogP contribution is -2.41. The van der Waals surface area contributed by atoms with Gasteiger partial charge in [0.15, 0.2) is 9.84 Å². The second kappa shape index (κ2) is 6.89. The lowest BCUT2D eigenvalue weighted by Gasteiger charge is -2.18. The maximum atomic E-state index is 11.9. The molecule has 1 aliphatic heterocycles. The van der Waals surface area contributed by atoms with Crippen molar-refractivity contribution in [2.45, 2.75) is 19.0 Å². The minimum absolute atomic E-state index is 0.0646. The Morgan fingerprint density at radius 3 is 2.62 bits per heavy atom. The lowest BCUT2D eigenvalue weighted by atomic mass is 10.2. The molecule has 5 nitrogen and oxygen atoms in total. The van der Waals surface area contributed by atoms with E-state index in [1.807, 2.05) is 36.2 Å². The van der Waals surface area contributed by atoms with Gasteiger partial charge in [0.25, 0.3) is 0 Å². The van der Waals surface area contributed by atoms with Gasteiger partial charge in [-0.2, -0.15) is 0 Å². The number of halogens is 1. The third-order valence-corrected chi connectivity index (χ3v) is 5.67. The van der Waals surface area contributed by atoms with Crippen LogP contribution >= 0.6 is 15.9 Å². The number of hydrogen-bond donors (Lipinski definition) is 1. The molecule has 0 radical (unpaired) electrons. The maximum absolute atomic E-state index is 11.9. The van der Waals surface area contributed by atoms with Gasteiger partial charge in [-0.1, -0.05) is 28.1 Å². The molecule has 1 aromatic rings. The molecule has 1 aliphatic rings. The Labute approximate surface area is 133 Å². The van der Waals surface area contributed by atoms with Gasteiger partial charge >= 0.3 is 0 Å². The highest BCUT2D eigenvalue weighted by Gasteiger charge is 2.28. The van der Waals surface area contributed by atoms with Gasteiger partial charge in [0, 0.05) is 17.1 Å². The molecule has 1 saturated heterocycles. The van der Waals surface area contributed by atoms with Crippen molar-refractivity contribution in [2.24, 2.45) is 0 Å². The van der Waals surface area contributed by atoms with E-state index in [-0.39, 0.29) is 30.0 Å². The Morgan fingerprint density at radius 2 is 2.05 bits per heavy atom. The first kappa shape index (κ1) is 16.5. The van der Waals surface area contributed by atoms with Crippen LogP contribution in [0.5, 0.6) is 0 Å². The second-order valence-electron chi connectivity index (χ2n) is 5.47. The Morgan fingerprint density at radius 1 is 1.38 bits per heavy atom. The number of carbonyl (C=O) groups excluding carboxylic acids is 1. The first-order chi connectivity index (χ1) is 9.84. The van der Waals surface area contributed by atoms with Crippen molar-refractivity contribution in [2.75, 3.05) is 25.1 Å². The predicted molar refractivity (Wildman–Crippen MR) is 85.7 cm³/mol. The molecule has 2 rings (SSSR count). The fourth-order valence-corrected chi connectivity index (χ4v) is 4.32. The quantitative estimate of drug-likeness (QED) is 0.840. The minimum Gasteiger partial charge on any atom is -0.351 e. The van der Waals surface area contributed by atoms with E-state index in [9.17, 15) is 13.2 Å². The van der Waals surface area contributed by atoms with Gasteiger partial charge in [0.05, 0.1) is 18.1 Å². The van der Waals surface area contributed by atoms with Crippen LogP contribution in [0.3, 0.4) is 0 Å². The van der Waals surface area contributed by atoms with E-state index in [0.29, 0.717) is 13.0 Å². The van der Waals surface area contributed by atoms with Crippen molar-refractivity contribution >= 4 is 31.7 Å². The number of hydrogen-bond acceptors (Lipinski definition) is 4. The van der Waals surface area contributed by atoms with Crippen LogP contribution in [0, 0.1) is 0 Å². The molecule has 1 atom stereocenters. The number of amides is 1. The molecule has 0 unspecified atom stereocenters. The van der Waals surface area contributed by atoms with Gasteiger partial charge in [-0.25, -0.2) is 8.42 Å². The number of benzene rings is 1. The second-order valence-corrected chi connectivity index (χ2v) is 8.61. The van der Waals surface area contributed by atoms with Gasteiger partial charge in [-0.3, -0.25) is 9.69 Å². The highest BCUT2D eigenvalue weighted by atomic mass is 79.9. The standard InChI is InChI=1S/C14H19BrN2O3S/c1-17(8-11-2-4-12(15)5-3-11)9-14(18)16-13-6-7-21(19,20)10-13/h2-5,13H,6-10H2,1H3,(H,16,18)/t13-/m1/s1. The van der Waals surface area contributed by atoms with Gasteiger partial charge in [-0.15, -0.1) is 0 Å². The van der Waals surface area contributed by atoms with Crippen LogP contribution in [0.25, 0.3) is 0 Å². The van der Waals surface area contributed by atoms with Crippen molar-refractivity contribution in [3.63, 3.8) is 0 Å². The zero-order chi connectivity index (χ0) is 15.5. The van der Waals surface area contributed by atoms with E-state index >= 15 is 0 Å². The fraction of sp³-hybridized carbons (Fsp3) is 0.500. The number of rotatable bonds is 5. The summed E-state index contributed by atoms with van der Waals surface area (Å²) < 4.78 is 23.7. The van der Waals surface area contributed by atoms with E-state index in [1.54, 1.807) is 0 Å². The van der Waals surface area contributed by atoms with E-state index in [1.165, 1.54) is 0 Å². The van der Waals surface area contributed by atoms with Crippen molar-refractivity contribution in [3.05, 3.63) is 34.3 Å². The number of sulfone groups is 1. The van der Waals surface area contributed by atoms with Gasteiger partial charge < -0.3 is 5.32 Å². The molecule has 21 heavy (non-hydrogen) atoms. The van der Waals surface area contributed by atoms with Crippen LogP contribution in [0.2, 0.25) is 0 Å². The zero-order valence-corrected chi connectivity index (χ0v) is 14.3. The van der Waals surface area contributed by atoms with Gasteiger partial charge in [0.2, 0.25) is 5.91 Å². The van der Waals surface area contributed by atoms with Crippen LogP contribution in [-0.2, 0) is 21.2 Å². The Bertz CT molecular complexity index is 601. The number of likely N-dealkylation sites (N-methyl/N-ethyl adjacent to an activating group) is 1. The molecular formula is C14H19BrN2O3S. The Kier molecular flexibility index (Phi) is 5.40. The van der Waals surface area contributed by atoms with Crippen LogP contribution < -0.4 is 5.32 Å². The number of nitrogens with zero attached hydrogens (tertiary/aromatic N) is 1. The van der Waals surface area contributed by atoms with Crippen LogP contribution in [0.15, 0.2) is 28.7 Å². The van der Waals surface area contributed by atoms with Crippen molar-refractivity contribution in [1.82, 2.24) is 10.2 Å². The van der Waals surface area contributed by atoms with Gasteiger partial charge in [0.1, 0.15) is 0 Å². The average Bonchev–Trinajstić information content (AvgIpc) is 2.71. The summed E-state index contributed by atoms with van der Waals surface area (Å²) in [6.07, 6.45) is 0.518. The molecule has 1 heterocycles. The first-order valence-electron chi connectivity index (χ1n) is 6.77. The summed E-state index contributed by atoms with van der Waals surface area (Å²) in [6.45, 7) is 0.927. The summed E-state index contributed by atoms with van der Waals surface area (Å²) in [5, 5.41) is 2.79. The summed E-state index contributed by atoms with van der Waals surface area (Å²) in [4.78, 5) is 13.8. The van der Waals surface area contributed by atoms with Crippen molar-refractivity contribution in [1.29, 1.82) is 0 Å². The smallest absolute Gasteiger partial charge is 0.234 e. The molecule has 1 amide bonds. The monoisotopic (exact) mass is 374 g/mol. The Hall–Kier alpha value is -0.920. The van der Waals surface area contributed by atoms with E-state index < -0.39 is 9.84 Å². The van der Waals surface area contributed by atoms with Crippen LogP contribution in [0.4, 0.5) is 0 Å². The predicted octanol–water partition coefficient (Wildman–Crippen LogP) is 1.18. The summed E-state index contributed by atoms with van der Waals surface area (Å²) in [7, 11) is -1.09. The molecule has 0 saturated carbocycles. The molecule has 7 heteroatoms. The van der Waals surface area contributed by atoms with E-state index in [4.69, 9.17) is 0 Å². The zero-order valence-electron chi connectivity index (χ0n) is 11.9. The molecular weight excluding hydrogens is 356 g/mol. The molecule has 0 spiro atoms. The largest absolute Gasteiger partial charge is 0.351 e. The number of nitrogens with one attached hydrogen (secondary N) is 1. The molecule has 1 N–H and O–H groups in total. The van der Waals surface area contributed by atoms with Crippen LogP contribution in [-0.4, -0.2) is 50.4 Å². The molecule has 116 valence electrons. The van der Waals surface area contributed by atoms with E-state index in [2.05, 4.69) is 21.2 Å². The number of carbonyl (C=O) groups is 1. The lowest BCUT2D eigenvalue weighted by molar-refractivity contribution is -0.122. The van der Waals surface area contributed by atoms with Crippen molar-refractivity contribution in [3.8, 4) is 0 Å². The van der Waals surface area contributed by atoms with Crippen molar-refractivity contribution < 1.29 is 13.2 Å². The maximum Gasteiger partial charge on any atom is 0.234 e.